The number of hydrogen-bond donors (Lipinski definition) is 0. The fraction of sp³-hybridized carbons (Fsp3) is 0. The van der Waals surface area contributed by atoms with E-state index in [-0.39, 0.29) is 0 Å². The number of aromatic nitrogens is 4. The van der Waals surface area contributed by atoms with Crippen molar-refractivity contribution in [1.29, 1.82) is 0 Å². The molecule has 2 heterocycles. The van der Waals surface area contributed by atoms with Gasteiger partial charge < -0.3 is 0 Å². The molecule has 0 radical (unpaired) electrons. The molecule has 0 amide bonds. The lowest BCUT2D eigenvalue weighted by molar-refractivity contribution is 0.112. The normalized spacial score (nSPS) is 10.6. The summed E-state index contributed by atoms with van der Waals surface area (Å²) in [6.07, 6.45) is 3.70. The van der Waals surface area contributed by atoms with E-state index in [1.54, 1.807) is 6.33 Å². The number of nitrogens with zero attached hydrogens (tertiary/aromatic N) is 4. The summed E-state index contributed by atoms with van der Waals surface area (Å²) in [5.74, 6) is 0. The van der Waals surface area contributed by atoms with Crippen LogP contribution in [0.1, 0.15) is 10.5 Å². The van der Waals surface area contributed by atoms with Crippen LogP contribution in [0.2, 0.25) is 0 Å². The van der Waals surface area contributed by atoms with Crippen molar-refractivity contribution in [2.75, 3.05) is 0 Å². The van der Waals surface area contributed by atoms with Gasteiger partial charge in [0.05, 0.1) is 0 Å². The summed E-state index contributed by atoms with van der Waals surface area (Å²) >= 11 is 0. The molecule has 82 valence electrons. The van der Waals surface area contributed by atoms with Gasteiger partial charge in [0, 0.05) is 5.69 Å². The van der Waals surface area contributed by atoms with Gasteiger partial charge in [0.2, 0.25) is 0 Å². The monoisotopic (exact) mass is 224 g/mol. The van der Waals surface area contributed by atoms with Gasteiger partial charge in [-0.05, 0) is 12.1 Å². The molecule has 3 rings (SSSR count). The first kappa shape index (κ1) is 9.65. The van der Waals surface area contributed by atoms with Crippen molar-refractivity contribution in [3.05, 3.63) is 48.7 Å². The largest absolute Gasteiger partial charge is 0.296 e. The predicted molar refractivity (Wildman–Crippen MR) is 62.0 cm³/mol. The van der Waals surface area contributed by atoms with Gasteiger partial charge >= 0.3 is 0 Å². The number of para-hydroxylation sites is 1. The highest BCUT2D eigenvalue weighted by Gasteiger charge is 2.09. The highest BCUT2D eigenvalue weighted by molar-refractivity contribution is 5.90. The molecular weight excluding hydrogens is 216 g/mol. The van der Waals surface area contributed by atoms with Crippen LogP contribution in [0.5, 0.6) is 0 Å². The second-order valence-corrected chi connectivity index (χ2v) is 3.50. The molecule has 0 fully saturated rings. The molecule has 0 bridgehead atoms. The molecule has 0 aliphatic rings. The van der Waals surface area contributed by atoms with E-state index in [1.807, 2.05) is 34.9 Å². The van der Waals surface area contributed by atoms with Gasteiger partial charge in [0.25, 0.3) is 0 Å². The van der Waals surface area contributed by atoms with Gasteiger partial charge in [-0.15, -0.1) is 0 Å². The van der Waals surface area contributed by atoms with Crippen LogP contribution in [0.15, 0.2) is 43.0 Å². The Hall–Kier alpha value is -2.56. The number of fused-ring (bicyclic) bond motifs is 1. The molecule has 0 unspecified atom stereocenters. The molecule has 17 heavy (non-hydrogen) atoms. The second kappa shape index (κ2) is 3.79. The van der Waals surface area contributed by atoms with E-state index in [0.717, 1.165) is 5.69 Å². The molecule has 3 aromatic rings. The van der Waals surface area contributed by atoms with E-state index in [9.17, 15) is 4.79 Å². The van der Waals surface area contributed by atoms with Crippen LogP contribution in [-0.2, 0) is 0 Å². The van der Waals surface area contributed by atoms with E-state index in [4.69, 9.17) is 0 Å². The molecular formula is C12H8N4O. The van der Waals surface area contributed by atoms with Crippen LogP contribution < -0.4 is 0 Å². The second-order valence-electron chi connectivity index (χ2n) is 3.50. The maximum atomic E-state index is 10.8. The molecule has 0 atom stereocenters. The molecule has 0 saturated carbocycles. The lowest BCUT2D eigenvalue weighted by Crippen LogP contribution is -1.95. The zero-order valence-corrected chi connectivity index (χ0v) is 8.82. The molecule has 0 spiro atoms. The summed E-state index contributed by atoms with van der Waals surface area (Å²) < 4.78 is 1.82. The van der Waals surface area contributed by atoms with Crippen LogP contribution >= 0.6 is 0 Å². The minimum absolute atomic E-state index is 0.310. The third-order valence-corrected chi connectivity index (χ3v) is 2.51. The van der Waals surface area contributed by atoms with Crippen LogP contribution in [-0.4, -0.2) is 25.8 Å². The standard InChI is InChI=1S/C12H8N4O/c17-6-10-11-12(14-7-13-10)16(8-15-11)9-4-2-1-3-5-9/h1-8H. The lowest BCUT2D eigenvalue weighted by atomic mass is 10.3. The van der Waals surface area contributed by atoms with E-state index >= 15 is 0 Å². The Balaban J connectivity index is 2.30. The Labute approximate surface area is 96.8 Å². The van der Waals surface area contributed by atoms with E-state index in [1.165, 1.54) is 6.33 Å². The van der Waals surface area contributed by atoms with Gasteiger partial charge in [0.1, 0.15) is 23.9 Å². The summed E-state index contributed by atoms with van der Waals surface area (Å²) in [7, 11) is 0. The molecule has 0 aliphatic carbocycles. The smallest absolute Gasteiger partial charge is 0.170 e. The SMILES string of the molecule is O=Cc1ncnc2c1ncn2-c1ccccc1. The van der Waals surface area contributed by atoms with Gasteiger partial charge in [-0.2, -0.15) is 0 Å². The zero-order valence-electron chi connectivity index (χ0n) is 8.82. The Morgan fingerprint density at radius 1 is 1.06 bits per heavy atom. The van der Waals surface area contributed by atoms with Gasteiger partial charge in [-0.3, -0.25) is 9.36 Å². The quantitative estimate of drug-likeness (QED) is 0.621. The molecule has 0 saturated heterocycles. The zero-order chi connectivity index (χ0) is 11.7. The highest BCUT2D eigenvalue weighted by Crippen LogP contribution is 2.16. The number of carbonyl (C=O) groups is 1. The Morgan fingerprint density at radius 3 is 2.65 bits per heavy atom. The van der Waals surface area contributed by atoms with E-state index < -0.39 is 0 Å². The molecule has 5 heteroatoms. The summed E-state index contributed by atoms with van der Waals surface area (Å²) in [4.78, 5) is 23.0. The van der Waals surface area contributed by atoms with Crippen LogP contribution in [0, 0.1) is 0 Å². The Morgan fingerprint density at radius 2 is 1.88 bits per heavy atom. The Bertz CT molecular complexity index is 675. The number of benzene rings is 1. The van der Waals surface area contributed by atoms with Crippen molar-refractivity contribution in [2.45, 2.75) is 0 Å². The molecule has 0 aliphatic heterocycles. The van der Waals surface area contributed by atoms with Gasteiger partial charge in [0.15, 0.2) is 11.9 Å². The molecule has 2 aromatic heterocycles. The summed E-state index contributed by atoms with van der Waals surface area (Å²) in [6, 6.07) is 9.70. The molecule has 5 nitrogen and oxygen atoms in total. The topological polar surface area (TPSA) is 60.7 Å². The first-order valence-corrected chi connectivity index (χ1v) is 5.09. The van der Waals surface area contributed by atoms with Crippen molar-refractivity contribution >= 4 is 17.5 Å². The predicted octanol–water partition coefficient (Wildman–Crippen LogP) is 1.63. The molecule has 1 aromatic carbocycles. The van der Waals surface area contributed by atoms with Gasteiger partial charge in [-0.25, -0.2) is 15.0 Å². The number of aldehydes is 1. The number of hydrogen-bond acceptors (Lipinski definition) is 4. The van der Waals surface area contributed by atoms with Gasteiger partial charge in [-0.1, -0.05) is 18.2 Å². The van der Waals surface area contributed by atoms with Crippen LogP contribution in [0.3, 0.4) is 0 Å². The average molecular weight is 224 g/mol. The molecule has 0 N–H and O–H groups in total. The Kier molecular flexibility index (Phi) is 2.15. The maximum Gasteiger partial charge on any atom is 0.170 e. The lowest BCUT2D eigenvalue weighted by Gasteiger charge is -2.02. The van der Waals surface area contributed by atoms with Crippen LogP contribution in [0.25, 0.3) is 16.9 Å². The fourth-order valence-electron chi connectivity index (χ4n) is 1.72. The summed E-state index contributed by atoms with van der Waals surface area (Å²) in [6.45, 7) is 0. The summed E-state index contributed by atoms with van der Waals surface area (Å²) in [5.41, 5.74) is 2.41. The minimum Gasteiger partial charge on any atom is -0.296 e. The third-order valence-electron chi connectivity index (χ3n) is 2.51. The maximum absolute atomic E-state index is 10.8. The number of carbonyl (C=O) groups excluding carboxylic acids is 1. The van der Waals surface area contributed by atoms with Crippen molar-refractivity contribution in [3.8, 4) is 5.69 Å². The number of rotatable bonds is 2. The van der Waals surface area contributed by atoms with Crippen molar-refractivity contribution < 1.29 is 4.79 Å². The highest BCUT2D eigenvalue weighted by atomic mass is 16.1. The third kappa shape index (κ3) is 1.48. The van der Waals surface area contributed by atoms with E-state index in [0.29, 0.717) is 23.1 Å². The first-order chi connectivity index (χ1) is 8.40. The fourth-order valence-corrected chi connectivity index (χ4v) is 1.72. The number of imidazole rings is 1. The van der Waals surface area contributed by atoms with E-state index in [2.05, 4.69) is 15.0 Å². The van der Waals surface area contributed by atoms with Crippen molar-refractivity contribution in [2.24, 2.45) is 0 Å². The van der Waals surface area contributed by atoms with Crippen molar-refractivity contribution in [1.82, 2.24) is 19.5 Å². The van der Waals surface area contributed by atoms with Crippen LogP contribution in [0.4, 0.5) is 0 Å². The first-order valence-electron chi connectivity index (χ1n) is 5.09. The van der Waals surface area contributed by atoms with Crippen molar-refractivity contribution in [3.63, 3.8) is 0 Å². The average Bonchev–Trinajstić information content (AvgIpc) is 2.83. The summed E-state index contributed by atoms with van der Waals surface area (Å²) in [5, 5.41) is 0. The minimum atomic E-state index is 0.310.